The third kappa shape index (κ3) is 13.7. The number of amides is 2. The van der Waals surface area contributed by atoms with Crippen LogP contribution in [0.4, 0.5) is 5.82 Å². The van der Waals surface area contributed by atoms with Crippen molar-refractivity contribution in [1.29, 1.82) is 0 Å². The van der Waals surface area contributed by atoms with Crippen LogP contribution >= 0.6 is 35.2 Å². The number of rotatable bonds is 21. The number of carbonyl (C=O) groups excluding carboxylic acids is 3. The second-order valence-electron chi connectivity index (χ2n) is 13.7. The van der Waals surface area contributed by atoms with Gasteiger partial charge in [-0.25, -0.2) is 28.6 Å². The van der Waals surface area contributed by atoms with Gasteiger partial charge in [-0.2, -0.15) is 4.31 Å². The van der Waals surface area contributed by atoms with Gasteiger partial charge in [0.25, 0.3) is 0 Å². The maximum atomic E-state index is 12.8. The molecule has 0 saturated carbocycles. The quantitative estimate of drug-likeness (QED) is 0.0389. The Morgan fingerprint density at radius 2 is 1.72 bits per heavy atom. The number of nitrogens with zero attached hydrogens (tertiary/aromatic N) is 4. The third-order valence-electron chi connectivity index (χ3n) is 8.54. The molecule has 0 radical (unpaired) electrons. The predicted molar refractivity (Wildman–Crippen MR) is 209 cm³/mol. The Balaban J connectivity index is 1.22. The zero-order chi connectivity index (χ0) is 44.7. The lowest BCUT2D eigenvalue weighted by Crippen LogP contribution is -2.46. The molecule has 7 atom stereocenters. The van der Waals surface area contributed by atoms with Crippen molar-refractivity contribution in [2.75, 3.05) is 37.8 Å². The van der Waals surface area contributed by atoms with Crippen LogP contribution < -0.4 is 16.4 Å². The third-order valence-corrected chi connectivity index (χ3v) is 12.5. The SMILES string of the molecule is CC(C)(COP(=O)(O)OP(=O)(O)OCC1OC(C)(n2cnc3c(N)ncnc32)C(O)C1OP(=O)(O)O)C(O)C(=O)NCCC(=O)NCCSC(=O)C=Cc1ccc(O)cc1. The van der Waals surface area contributed by atoms with Crippen molar-refractivity contribution in [2.45, 2.75) is 57.3 Å². The van der Waals surface area contributed by atoms with E-state index in [1.54, 1.807) is 18.2 Å². The number of fused-ring (bicyclic) bond motifs is 1. The summed E-state index contributed by atoms with van der Waals surface area (Å²) in [6.07, 6.45) is -2.67. The Labute approximate surface area is 345 Å². The van der Waals surface area contributed by atoms with Gasteiger partial charge in [0.15, 0.2) is 17.2 Å². The van der Waals surface area contributed by atoms with Crippen LogP contribution in [-0.2, 0) is 56.4 Å². The molecule has 1 saturated heterocycles. The fourth-order valence-corrected chi connectivity index (χ4v) is 8.78. The zero-order valence-electron chi connectivity index (χ0n) is 31.9. The van der Waals surface area contributed by atoms with Crippen LogP contribution in [0.3, 0.4) is 0 Å². The van der Waals surface area contributed by atoms with E-state index in [4.69, 9.17) is 24.0 Å². The highest BCUT2D eigenvalue weighted by molar-refractivity contribution is 8.14. The molecule has 2 amide bonds. The van der Waals surface area contributed by atoms with Gasteiger partial charge in [0.05, 0.1) is 19.5 Å². The van der Waals surface area contributed by atoms with Gasteiger partial charge in [-0.05, 0) is 30.7 Å². The van der Waals surface area contributed by atoms with Crippen LogP contribution in [0.5, 0.6) is 5.75 Å². The van der Waals surface area contributed by atoms with E-state index in [9.17, 15) is 63.0 Å². The number of nitrogens with two attached hydrogens (primary N) is 1. The number of phenolic OH excluding ortho intramolecular Hbond substituents is 1. The van der Waals surface area contributed by atoms with Crippen molar-refractivity contribution in [3.63, 3.8) is 0 Å². The first kappa shape index (κ1) is 49.0. The summed E-state index contributed by atoms with van der Waals surface area (Å²) in [6.45, 7) is 1.56. The van der Waals surface area contributed by atoms with Crippen molar-refractivity contribution in [2.24, 2.45) is 5.41 Å². The number of anilines is 1. The molecular weight excluding hydrogens is 883 g/mol. The molecule has 25 nitrogen and oxygen atoms in total. The summed E-state index contributed by atoms with van der Waals surface area (Å²) in [5.74, 6) is -1.18. The number of phosphoric ester groups is 3. The van der Waals surface area contributed by atoms with Crippen molar-refractivity contribution in [3.8, 4) is 5.75 Å². The topological polar surface area (TPSA) is 384 Å². The van der Waals surface area contributed by atoms with Crippen molar-refractivity contribution in [3.05, 3.63) is 48.6 Å². The van der Waals surface area contributed by atoms with Crippen LogP contribution in [0.15, 0.2) is 43.0 Å². The minimum absolute atomic E-state index is 0.0128. The predicted octanol–water partition coefficient (Wildman–Crippen LogP) is 0.258. The van der Waals surface area contributed by atoms with Crippen LogP contribution in [0.1, 0.15) is 32.8 Å². The number of phenols is 1. The summed E-state index contributed by atoms with van der Waals surface area (Å²) < 4.78 is 62.7. The maximum Gasteiger partial charge on any atom is 0.481 e. The molecule has 3 aromatic rings. The van der Waals surface area contributed by atoms with E-state index >= 15 is 0 Å². The number of ether oxygens (including phenoxy) is 1. The summed E-state index contributed by atoms with van der Waals surface area (Å²) in [4.78, 5) is 88.1. The molecule has 11 N–H and O–H groups in total. The largest absolute Gasteiger partial charge is 0.508 e. The number of aliphatic hydroxyl groups excluding tert-OH is 2. The summed E-state index contributed by atoms with van der Waals surface area (Å²) in [5.41, 5.74) is 2.97. The maximum absolute atomic E-state index is 12.8. The van der Waals surface area contributed by atoms with E-state index in [1.165, 1.54) is 39.0 Å². The van der Waals surface area contributed by atoms with Gasteiger partial charge < -0.3 is 56.0 Å². The average molecular weight is 928 g/mol. The van der Waals surface area contributed by atoms with Crippen LogP contribution in [0.25, 0.3) is 17.2 Å². The summed E-state index contributed by atoms with van der Waals surface area (Å²) >= 11 is 0.956. The van der Waals surface area contributed by atoms with Crippen LogP contribution in [0.2, 0.25) is 0 Å². The van der Waals surface area contributed by atoms with Gasteiger partial charge in [-0.1, -0.05) is 43.8 Å². The second kappa shape index (κ2) is 20.0. The molecule has 29 heteroatoms. The molecule has 1 fully saturated rings. The van der Waals surface area contributed by atoms with Crippen molar-refractivity contribution < 1.29 is 85.6 Å². The van der Waals surface area contributed by atoms with Gasteiger partial charge in [0, 0.05) is 30.7 Å². The zero-order valence-corrected chi connectivity index (χ0v) is 35.4. The van der Waals surface area contributed by atoms with Gasteiger partial charge in [0.2, 0.25) is 16.9 Å². The number of hydrogen-bond donors (Lipinski definition) is 10. The van der Waals surface area contributed by atoms with Gasteiger partial charge in [0.1, 0.15) is 42.0 Å². The molecule has 3 heterocycles. The highest BCUT2D eigenvalue weighted by atomic mass is 32.2. The standard InChI is InChI=1S/C31H44N7O18P3S/c1-30(2,26(43)29(44)34-11-10-21(40)33-12-13-60-22(41)9-6-18-4-7-19(39)8-5-18)15-53-59(50,51)56-58(48,49)52-14-20-24(55-57(45,46)47)25(42)31(3,54-20)38-17-37-23-27(32)35-16-36-28(23)38/h4-9,16-17,20,24-26,39,42-43H,10-15H2,1-3H3,(H,33,40)(H,34,44)(H,48,49)(H,50,51)(H2,32,35,36)(H2,45,46,47). The fraction of sp³-hybridized carbons (Fsp3) is 0.484. The van der Waals surface area contributed by atoms with Gasteiger partial charge in [-0.3, -0.25) is 32.5 Å². The number of phosphoric acid groups is 3. The van der Waals surface area contributed by atoms with E-state index in [-0.39, 0.29) is 53.1 Å². The number of nitrogens with one attached hydrogen (secondary N) is 2. The smallest absolute Gasteiger partial charge is 0.481 e. The van der Waals surface area contributed by atoms with E-state index in [2.05, 4.69) is 29.9 Å². The monoisotopic (exact) mass is 927 g/mol. The molecular formula is C31H44N7O18P3S. The van der Waals surface area contributed by atoms with E-state index in [0.717, 1.165) is 29.0 Å². The summed E-state index contributed by atoms with van der Waals surface area (Å²) in [5, 5.41) is 35.7. The molecule has 60 heavy (non-hydrogen) atoms. The van der Waals surface area contributed by atoms with Gasteiger partial charge >= 0.3 is 23.5 Å². The van der Waals surface area contributed by atoms with E-state index in [1.807, 2.05) is 0 Å². The number of nitrogen functional groups attached to an aromatic ring is 1. The van der Waals surface area contributed by atoms with Crippen molar-refractivity contribution in [1.82, 2.24) is 30.2 Å². The molecule has 332 valence electrons. The number of aromatic nitrogens is 4. The van der Waals surface area contributed by atoms with Crippen LogP contribution in [0, 0.1) is 5.41 Å². The summed E-state index contributed by atoms with van der Waals surface area (Å²) in [6, 6.07) is 6.21. The Kier molecular flexibility index (Phi) is 16.3. The molecule has 1 aromatic carbocycles. The number of benzene rings is 1. The first-order valence-corrected chi connectivity index (χ1v) is 22.9. The first-order chi connectivity index (χ1) is 27.8. The Morgan fingerprint density at radius 1 is 1.05 bits per heavy atom. The Morgan fingerprint density at radius 3 is 2.38 bits per heavy atom. The molecule has 1 aliphatic heterocycles. The van der Waals surface area contributed by atoms with Gasteiger partial charge in [-0.15, -0.1) is 0 Å². The van der Waals surface area contributed by atoms with E-state index in [0.29, 0.717) is 5.56 Å². The number of aliphatic hydroxyl groups is 2. The molecule has 7 unspecified atom stereocenters. The number of aromatic hydroxyl groups is 1. The number of hydrogen-bond acceptors (Lipinski definition) is 19. The van der Waals surface area contributed by atoms with Crippen molar-refractivity contribution >= 4 is 75.2 Å². The fourth-order valence-electron chi connectivity index (χ4n) is 5.39. The number of imidazole rings is 1. The normalized spacial score (nSPS) is 22.3. The lowest BCUT2D eigenvalue weighted by atomic mass is 9.87. The highest BCUT2D eigenvalue weighted by Crippen LogP contribution is 2.61. The lowest BCUT2D eigenvalue weighted by molar-refractivity contribution is -0.137. The second-order valence-corrected chi connectivity index (χ2v) is 19.1. The minimum Gasteiger partial charge on any atom is -0.508 e. The Hall–Kier alpha value is -3.68. The average Bonchev–Trinajstić information content (AvgIpc) is 3.70. The molecule has 0 spiro atoms. The first-order valence-electron chi connectivity index (χ1n) is 17.4. The molecule has 0 aliphatic carbocycles. The number of carbonyl (C=O) groups is 3. The Bertz CT molecular complexity index is 2190. The molecule has 2 aromatic heterocycles. The summed E-state index contributed by atoms with van der Waals surface area (Å²) in [7, 11) is -16.5. The molecule has 4 rings (SSSR count). The molecule has 0 bridgehead atoms. The number of thioether (sulfide) groups is 1. The minimum atomic E-state index is -5.61. The highest BCUT2D eigenvalue weighted by Gasteiger charge is 2.57. The lowest BCUT2D eigenvalue weighted by Gasteiger charge is -2.30. The van der Waals surface area contributed by atoms with E-state index < -0.39 is 84.1 Å². The molecule has 1 aliphatic rings. The van der Waals surface area contributed by atoms with Crippen LogP contribution in [-0.4, -0.2) is 128 Å².